The van der Waals surface area contributed by atoms with Gasteiger partial charge in [0.1, 0.15) is 17.5 Å². The van der Waals surface area contributed by atoms with E-state index in [4.69, 9.17) is 39.1 Å². The van der Waals surface area contributed by atoms with Gasteiger partial charge in [-0.15, -0.1) is 10.2 Å². The summed E-state index contributed by atoms with van der Waals surface area (Å²) in [5, 5.41) is 22.6. The number of aromatic nitrogens is 5. The minimum atomic E-state index is -0.441. The normalized spacial score (nSPS) is 16.1. The van der Waals surface area contributed by atoms with Crippen molar-refractivity contribution in [2.75, 3.05) is 23.7 Å². The number of halogens is 2. The summed E-state index contributed by atoms with van der Waals surface area (Å²) in [6, 6.07) is 10.9. The third-order valence-corrected chi connectivity index (χ3v) is 7.20. The number of hydrogen-bond acceptors (Lipinski definition) is 8. The molecule has 4 heterocycles. The monoisotopic (exact) mass is 536 g/mol. The molecule has 5 rings (SSSR count). The van der Waals surface area contributed by atoms with Crippen molar-refractivity contribution in [3.05, 3.63) is 87.5 Å². The van der Waals surface area contributed by atoms with Crippen LogP contribution in [0.1, 0.15) is 47.9 Å². The quantitative estimate of drug-likeness (QED) is 0.250. The van der Waals surface area contributed by atoms with E-state index in [2.05, 4.69) is 31.2 Å². The average molecular weight is 537 g/mol. The van der Waals surface area contributed by atoms with E-state index in [1.807, 2.05) is 30.9 Å². The fraction of sp³-hybridized carbons (Fsp3) is 0.269. The minimum absolute atomic E-state index is 0.156. The highest BCUT2D eigenvalue weighted by Gasteiger charge is 2.27. The number of aryl methyl sites for hydroxylation is 1. The number of nitrogens with two attached hydrogens (primary N) is 1. The van der Waals surface area contributed by atoms with Crippen molar-refractivity contribution in [2.45, 2.75) is 25.4 Å². The lowest BCUT2D eigenvalue weighted by molar-refractivity contribution is 0.227. The Bertz CT molecular complexity index is 1420. The number of nitrogens with one attached hydrogen (secondary N) is 1. The van der Waals surface area contributed by atoms with Crippen LogP contribution in [0.4, 0.5) is 11.5 Å². The summed E-state index contributed by atoms with van der Waals surface area (Å²) in [4.78, 5) is 6.19. The third-order valence-electron chi connectivity index (χ3n) is 6.60. The fourth-order valence-corrected chi connectivity index (χ4v) is 5.33. The molecular weight excluding hydrogens is 511 g/mol. The molecule has 11 heteroatoms. The predicted octanol–water partition coefficient (Wildman–Crippen LogP) is 5.04. The zero-order valence-electron chi connectivity index (χ0n) is 20.4. The smallest absolute Gasteiger partial charge is 0.151 e. The first-order valence-corrected chi connectivity index (χ1v) is 12.6. The van der Waals surface area contributed by atoms with E-state index in [0.29, 0.717) is 44.2 Å². The van der Waals surface area contributed by atoms with Crippen LogP contribution < -0.4 is 15.4 Å². The molecule has 9 nitrogen and oxygen atoms in total. The Morgan fingerprint density at radius 1 is 1.14 bits per heavy atom. The summed E-state index contributed by atoms with van der Waals surface area (Å²) >= 11 is 12.5. The van der Waals surface area contributed by atoms with E-state index in [9.17, 15) is 0 Å². The van der Waals surface area contributed by atoms with E-state index >= 15 is 0 Å². The van der Waals surface area contributed by atoms with Crippen LogP contribution in [-0.2, 0) is 7.05 Å². The number of rotatable bonds is 7. The Labute approximate surface area is 224 Å². The SMILES string of the molecule is C[C@@H](Oc1ccc(N)c(C(=N)c2ccc(N3CCC(c4ccnn4C)C3)nn2)c1)c1c(Cl)cncc1Cl. The van der Waals surface area contributed by atoms with E-state index < -0.39 is 6.10 Å². The van der Waals surface area contributed by atoms with Gasteiger partial charge in [-0.2, -0.15) is 5.10 Å². The van der Waals surface area contributed by atoms with Gasteiger partial charge < -0.3 is 15.4 Å². The first kappa shape index (κ1) is 25.0. The molecule has 3 N–H and O–H groups in total. The highest BCUT2D eigenvalue weighted by atomic mass is 35.5. The van der Waals surface area contributed by atoms with Gasteiger partial charge in [0.25, 0.3) is 0 Å². The lowest BCUT2D eigenvalue weighted by Gasteiger charge is -2.19. The molecule has 1 saturated heterocycles. The van der Waals surface area contributed by atoms with E-state index in [1.165, 1.54) is 18.1 Å². The molecule has 1 aromatic carbocycles. The second-order valence-corrected chi connectivity index (χ2v) is 9.80. The van der Waals surface area contributed by atoms with E-state index in [0.717, 1.165) is 25.3 Å². The van der Waals surface area contributed by atoms with Crippen molar-refractivity contribution in [3.63, 3.8) is 0 Å². The summed E-state index contributed by atoms with van der Waals surface area (Å²) in [5.74, 6) is 1.70. The number of nitrogens with zero attached hydrogens (tertiary/aromatic N) is 6. The number of pyridine rings is 1. The van der Waals surface area contributed by atoms with Crippen molar-refractivity contribution >= 4 is 40.4 Å². The Balaban J connectivity index is 1.30. The number of benzene rings is 1. The standard InChI is InChI=1S/C26H26Cl2N8O/c1-15(25-19(27)12-31-13-20(25)28)37-17-3-4-21(29)18(11-17)26(30)22-5-6-24(34-33-22)36-10-8-16(14-36)23-7-9-32-35(23)2/h3-7,9,11-13,15-16,30H,8,10,14,29H2,1-2H3/t15-,16?/m1/s1. The Morgan fingerprint density at radius 3 is 2.59 bits per heavy atom. The van der Waals surface area contributed by atoms with Crippen LogP contribution in [-0.4, -0.2) is 43.8 Å². The van der Waals surface area contributed by atoms with E-state index in [-0.39, 0.29) is 5.71 Å². The van der Waals surface area contributed by atoms with Gasteiger partial charge in [0.15, 0.2) is 5.82 Å². The van der Waals surface area contributed by atoms with Crippen molar-refractivity contribution in [1.29, 1.82) is 5.41 Å². The van der Waals surface area contributed by atoms with Crippen LogP contribution in [0.25, 0.3) is 0 Å². The maximum atomic E-state index is 8.74. The average Bonchev–Trinajstić information content (AvgIpc) is 3.54. The lowest BCUT2D eigenvalue weighted by atomic mass is 10.0. The van der Waals surface area contributed by atoms with Crippen LogP contribution in [0.3, 0.4) is 0 Å². The van der Waals surface area contributed by atoms with Gasteiger partial charge in [-0.05, 0) is 49.7 Å². The van der Waals surface area contributed by atoms with Crippen LogP contribution in [0.2, 0.25) is 10.0 Å². The Morgan fingerprint density at radius 2 is 1.92 bits per heavy atom. The molecule has 1 aliphatic rings. The van der Waals surface area contributed by atoms with Crippen molar-refractivity contribution in [1.82, 2.24) is 25.0 Å². The first-order valence-electron chi connectivity index (χ1n) is 11.8. The summed E-state index contributed by atoms with van der Waals surface area (Å²) in [5.41, 5.74) is 9.58. The Hall–Kier alpha value is -3.69. The van der Waals surface area contributed by atoms with Crippen LogP contribution in [0, 0.1) is 5.41 Å². The molecule has 0 spiro atoms. The maximum absolute atomic E-state index is 8.74. The van der Waals surface area contributed by atoms with Gasteiger partial charge in [-0.1, -0.05) is 23.2 Å². The third kappa shape index (κ3) is 5.10. The van der Waals surface area contributed by atoms with Crippen molar-refractivity contribution < 1.29 is 4.74 Å². The summed E-state index contributed by atoms with van der Waals surface area (Å²) in [6.07, 6.45) is 5.46. The van der Waals surface area contributed by atoms with Gasteiger partial charge in [-0.25, -0.2) is 0 Å². The first-order chi connectivity index (χ1) is 17.8. The van der Waals surface area contributed by atoms with Gasteiger partial charge in [0, 0.05) is 67.2 Å². The van der Waals surface area contributed by atoms with Crippen molar-refractivity contribution in [3.8, 4) is 5.75 Å². The molecule has 1 unspecified atom stereocenters. The summed E-state index contributed by atoms with van der Waals surface area (Å²) < 4.78 is 8.01. The molecular formula is C26H26Cl2N8O. The second kappa shape index (κ2) is 10.4. The van der Waals surface area contributed by atoms with Gasteiger partial charge in [-0.3, -0.25) is 15.1 Å². The maximum Gasteiger partial charge on any atom is 0.151 e. The van der Waals surface area contributed by atoms with Crippen LogP contribution in [0.5, 0.6) is 5.75 Å². The molecule has 37 heavy (non-hydrogen) atoms. The number of nitrogen functional groups attached to an aromatic ring is 1. The van der Waals surface area contributed by atoms with Crippen molar-refractivity contribution in [2.24, 2.45) is 7.05 Å². The molecule has 3 aromatic heterocycles. The molecule has 0 aliphatic carbocycles. The second-order valence-electron chi connectivity index (χ2n) is 8.99. The van der Waals surface area contributed by atoms with E-state index in [1.54, 1.807) is 24.3 Å². The molecule has 4 aromatic rings. The van der Waals surface area contributed by atoms with Gasteiger partial charge in [0.05, 0.1) is 15.8 Å². The molecule has 1 aliphatic heterocycles. The minimum Gasteiger partial charge on any atom is -0.486 e. The largest absolute Gasteiger partial charge is 0.486 e. The lowest BCUT2D eigenvalue weighted by Crippen LogP contribution is -2.22. The molecule has 1 fully saturated rings. The van der Waals surface area contributed by atoms with Crippen LogP contribution in [0.15, 0.2) is 55.0 Å². The summed E-state index contributed by atoms with van der Waals surface area (Å²) in [6.45, 7) is 3.58. The van der Waals surface area contributed by atoms with Gasteiger partial charge >= 0.3 is 0 Å². The zero-order valence-corrected chi connectivity index (χ0v) is 21.9. The topological polar surface area (TPSA) is 119 Å². The highest BCUT2D eigenvalue weighted by molar-refractivity contribution is 6.35. The van der Waals surface area contributed by atoms with Gasteiger partial charge in [0.2, 0.25) is 0 Å². The summed E-state index contributed by atoms with van der Waals surface area (Å²) in [7, 11) is 1.97. The highest BCUT2D eigenvalue weighted by Crippen LogP contribution is 2.34. The fourth-order valence-electron chi connectivity index (χ4n) is 4.66. The predicted molar refractivity (Wildman–Crippen MR) is 145 cm³/mol. The van der Waals surface area contributed by atoms with Crippen LogP contribution >= 0.6 is 23.2 Å². The zero-order chi connectivity index (χ0) is 26.1. The molecule has 0 bridgehead atoms. The number of anilines is 2. The molecule has 0 saturated carbocycles. The molecule has 190 valence electrons. The molecule has 0 radical (unpaired) electrons. The number of hydrogen-bond donors (Lipinski definition) is 2. The molecule has 2 atom stereocenters. The number of ether oxygens (including phenoxy) is 1. The Kier molecular flexibility index (Phi) is 6.99. The molecule has 0 amide bonds.